The van der Waals surface area contributed by atoms with Crippen molar-refractivity contribution in [3.8, 4) is 5.75 Å². The van der Waals surface area contributed by atoms with Gasteiger partial charge in [-0.05, 0) is 57.7 Å². The van der Waals surface area contributed by atoms with Gasteiger partial charge < -0.3 is 14.9 Å². The summed E-state index contributed by atoms with van der Waals surface area (Å²) < 4.78 is 11.1. The van der Waals surface area contributed by atoms with E-state index in [4.69, 9.17) is 26.5 Å². The Morgan fingerprint density at radius 2 is 2.22 bits per heavy atom. The molecule has 0 aliphatic carbocycles. The molecule has 1 aromatic heterocycles. The highest BCUT2D eigenvalue weighted by atomic mass is 79.9. The van der Waals surface area contributed by atoms with Crippen molar-refractivity contribution in [3.63, 3.8) is 0 Å². The highest BCUT2D eigenvalue weighted by molar-refractivity contribution is 9.10. The normalized spacial score (nSPS) is 12.4. The van der Waals surface area contributed by atoms with Crippen molar-refractivity contribution in [2.45, 2.75) is 12.5 Å². The number of nitrogens with two attached hydrogens (primary N) is 1. The van der Waals surface area contributed by atoms with Gasteiger partial charge in [0.05, 0.1) is 17.8 Å². The predicted molar refractivity (Wildman–Crippen MR) is 75.0 cm³/mol. The van der Waals surface area contributed by atoms with E-state index in [0.29, 0.717) is 11.6 Å². The lowest BCUT2D eigenvalue weighted by molar-refractivity contribution is 0.412. The number of rotatable bonds is 4. The van der Waals surface area contributed by atoms with Gasteiger partial charge in [-0.2, -0.15) is 0 Å². The Hall–Kier alpha value is -0.970. The maximum atomic E-state index is 6.10. The molecule has 1 aromatic carbocycles. The maximum absolute atomic E-state index is 6.10. The third kappa shape index (κ3) is 2.88. The summed E-state index contributed by atoms with van der Waals surface area (Å²) in [6.07, 6.45) is 2.23. The Morgan fingerprint density at radius 3 is 2.78 bits per heavy atom. The van der Waals surface area contributed by atoms with Gasteiger partial charge in [0, 0.05) is 11.6 Å². The van der Waals surface area contributed by atoms with Gasteiger partial charge >= 0.3 is 0 Å². The number of furan rings is 1. The van der Waals surface area contributed by atoms with Crippen molar-refractivity contribution in [3.05, 3.63) is 51.3 Å². The fourth-order valence-corrected chi connectivity index (χ4v) is 2.61. The maximum Gasteiger partial charge on any atom is 0.197 e. The molecule has 1 heterocycles. The van der Waals surface area contributed by atoms with E-state index in [-0.39, 0.29) is 6.04 Å². The average molecular weight is 331 g/mol. The van der Waals surface area contributed by atoms with Crippen molar-refractivity contribution < 1.29 is 9.15 Å². The molecule has 0 fully saturated rings. The fraction of sp³-hybridized carbons (Fsp3) is 0.231. The van der Waals surface area contributed by atoms with E-state index in [0.717, 1.165) is 21.3 Å². The van der Waals surface area contributed by atoms with Crippen LogP contribution < -0.4 is 10.5 Å². The second-order valence-electron chi connectivity index (χ2n) is 3.93. The van der Waals surface area contributed by atoms with Gasteiger partial charge in [0.1, 0.15) is 5.75 Å². The average Bonchev–Trinajstić information content (AvgIpc) is 2.76. The van der Waals surface area contributed by atoms with E-state index in [1.807, 2.05) is 18.2 Å². The summed E-state index contributed by atoms with van der Waals surface area (Å²) in [6.45, 7) is 0. The molecule has 3 nitrogen and oxygen atoms in total. The number of halogens is 2. The molecule has 0 spiro atoms. The molecule has 1 atom stereocenters. The Labute approximate surface area is 119 Å². The Balaban J connectivity index is 2.15. The SMILES string of the molecule is COc1ccc(CC(N)c2ccoc2Cl)cc1Br. The first-order chi connectivity index (χ1) is 8.61. The highest BCUT2D eigenvalue weighted by Gasteiger charge is 2.14. The minimum absolute atomic E-state index is 0.184. The summed E-state index contributed by atoms with van der Waals surface area (Å²) in [7, 11) is 1.64. The van der Waals surface area contributed by atoms with Gasteiger partial charge in [0.15, 0.2) is 5.22 Å². The molecule has 5 heteroatoms. The van der Waals surface area contributed by atoms with Crippen LogP contribution in [0.3, 0.4) is 0 Å². The standard InChI is InChI=1S/C13H13BrClNO2/c1-17-12-3-2-8(6-10(12)14)7-11(16)9-4-5-18-13(9)15/h2-6,11H,7,16H2,1H3. The van der Waals surface area contributed by atoms with Gasteiger partial charge in [-0.15, -0.1) is 0 Å². The summed E-state index contributed by atoms with van der Waals surface area (Å²) >= 11 is 9.35. The minimum atomic E-state index is -0.184. The van der Waals surface area contributed by atoms with E-state index >= 15 is 0 Å². The largest absolute Gasteiger partial charge is 0.496 e. The molecular formula is C13H13BrClNO2. The summed E-state index contributed by atoms with van der Waals surface area (Å²) in [5.74, 6) is 0.800. The van der Waals surface area contributed by atoms with Gasteiger partial charge in [-0.25, -0.2) is 0 Å². The summed E-state index contributed by atoms with van der Waals surface area (Å²) in [5, 5.41) is 0.357. The van der Waals surface area contributed by atoms with Crippen LogP contribution in [0.4, 0.5) is 0 Å². The van der Waals surface area contributed by atoms with Gasteiger partial charge in [-0.1, -0.05) is 6.07 Å². The summed E-state index contributed by atoms with van der Waals surface area (Å²) in [5.41, 5.74) is 8.03. The van der Waals surface area contributed by atoms with Crippen LogP contribution in [-0.4, -0.2) is 7.11 Å². The van der Waals surface area contributed by atoms with E-state index in [1.165, 1.54) is 0 Å². The number of hydrogen-bond donors (Lipinski definition) is 1. The molecule has 18 heavy (non-hydrogen) atoms. The van der Waals surface area contributed by atoms with Crippen LogP contribution in [0.1, 0.15) is 17.2 Å². The molecule has 0 bridgehead atoms. The predicted octanol–water partition coefficient (Wildman–Crippen LogP) is 3.95. The van der Waals surface area contributed by atoms with Crippen molar-refractivity contribution in [2.75, 3.05) is 7.11 Å². The zero-order chi connectivity index (χ0) is 13.1. The van der Waals surface area contributed by atoms with Gasteiger partial charge in [0.2, 0.25) is 0 Å². The monoisotopic (exact) mass is 329 g/mol. The third-order valence-electron chi connectivity index (χ3n) is 2.72. The minimum Gasteiger partial charge on any atom is -0.496 e. The molecule has 96 valence electrons. The smallest absolute Gasteiger partial charge is 0.197 e. The van der Waals surface area contributed by atoms with Crippen molar-refractivity contribution in [1.82, 2.24) is 0 Å². The molecule has 0 aliphatic heterocycles. The highest BCUT2D eigenvalue weighted by Crippen LogP contribution is 2.29. The Bertz CT molecular complexity index is 542. The molecule has 2 aromatic rings. The number of methoxy groups -OCH3 is 1. The van der Waals surface area contributed by atoms with E-state index in [2.05, 4.69) is 15.9 Å². The van der Waals surface area contributed by atoms with Crippen LogP contribution in [0.5, 0.6) is 5.75 Å². The second kappa shape index (κ2) is 5.78. The molecule has 0 amide bonds. The molecule has 2 N–H and O–H groups in total. The lowest BCUT2D eigenvalue weighted by Crippen LogP contribution is -2.12. The summed E-state index contributed by atoms with van der Waals surface area (Å²) in [4.78, 5) is 0. The molecular weight excluding hydrogens is 318 g/mol. The van der Waals surface area contributed by atoms with E-state index < -0.39 is 0 Å². The Morgan fingerprint density at radius 1 is 1.44 bits per heavy atom. The van der Waals surface area contributed by atoms with Crippen LogP contribution in [0.25, 0.3) is 0 Å². The van der Waals surface area contributed by atoms with E-state index in [9.17, 15) is 0 Å². The van der Waals surface area contributed by atoms with E-state index in [1.54, 1.807) is 19.4 Å². The van der Waals surface area contributed by atoms with Crippen molar-refractivity contribution in [1.29, 1.82) is 0 Å². The summed E-state index contributed by atoms with van der Waals surface area (Å²) in [6, 6.07) is 7.50. The van der Waals surface area contributed by atoms with Gasteiger partial charge in [0.25, 0.3) is 0 Å². The van der Waals surface area contributed by atoms with Crippen LogP contribution in [0.2, 0.25) is 5.22 Å². The first-order valence-corrected chi connectivity index (χ1v) is 6.59. The molecule has 0 saturated carbocycles. The number of hydrogen-bond acceptors (Lipinski definition) is 3. The lowest BCUT2D eigenvalue weighted by Gasteiger charge is -2.11. The van der Waals surface area contributed by atoms with Crippen LogP contribution in [0, 0.1) is 0 Å². The number of benzene rings is 1. The quantitative estimate of drug-likeness (QED) is 0.923. The van der Waals surface area contributed by atoms with Crippen LogP contribution in [0.15, 0.2) is 39.4 Å². The van der Waals surface area contributed by atoms with Crippen LogP contribution in [-0.2, 0) is 6.42 Å². The fourth-order valence-electron chi connectivity index (χ4n) is 1.77. The van der Waals surface area contributed by atoms with Gasteiger partial charge in [-0.3, -0.25) is 0 Å². The first-order valence-electron chi connectivity index (χ1n) is 5.42. The molecule has 2 rings (SSSR count). The first kappa shape index (κ1) is 13.5. The molecule has 0 saturated heterocycles. The Kier molecular flexibility index (Phi) is 4.32. The molecule has 0 radical (unpaired) electrons. The number of ether oxygens (including phenoxy) is 1. The van der Waals surface area contributed by atoms with Crippen molar-refractivity contribution >= 4 is 27.5 Å². The zero-order valence-corrected chi connectivity index (χ0v) is 12.2. The van der Waals surface area contributed by atoms with Crippen LogP contribution >= 0.6 is 27.5 Å². The second-order valence-corrected chi connectivity index (χ2v) is 5.13. The lowest BCUT2D eigenvalue weighted by atomic mass is 10.0. The molecule has 1 unspecified atom stereocenters. The topological polar surface area (TPSA) is 48.4 Å². The third-order valence-corrected chi connectivity index (χ3v) is 3.64. The zero-order valence-electron chi connectivity index (χ0n) is 9.82. The van der Waals surface area contributed by atoms with Crippen molar-refractivity contribution in [2.24, 2.45) is 5.73 Å². The molecule has 0 aliphatic rings.